The summed E-state index contributed by atoms with van der Waals surface area (Å²) in [4.78, 5) is 35.4. The van der Waals surface area contributed by atoms with Crippen LogP contribution in [0.3, 0.4) is 0 Å². The number of benzene rings is 2. The fourth-order valence-corrected chi connectivity index (χ4v) is 2.41. The molecule has 1 aromatic heterocycles. The lowest BCUT2D eigenvalue weighted by molar-refractivity contribution is 0.0730. The summed E-state index contributed by atoms with van der Waals surface area (Å²) in [5, 5.41) is 0.480. The van der Waals surface area contributed by atoms with Gasteiger partial charge in [-0.25, -0.2) is 9.59 Å². The molecule has 0 atom stereocenters. The molecule has 0 aliphatic carbocycles. The zero-order valence-electron chi connectivity index (χ0n) is 13.9. The van der Waals surface area contributed by atoms with Gasteiger partial charge < -0.3 is 19.6 Å². The van der Waals surface area contributed by atoms with Gasteiger partial charge in [-0.1, -0.05) is 12.1 Å². The summed E-state index contributed by atoms with van der Waals surface area (Å²) in [5.74, 6) is -0.879. The first-order chi connectivity index (χ1) is 12.5. The molecule has 0 bridgehead atoms. The summed E-state index contributed by atoms with van der Waals surface area (Å²) in [6, 6.07) is 12.5. The minimum atomic E-state index is -0.872. The van der Waals surface area contributed by atoms with Crippen molar-refractivity contribution >= 4 is 22.8 Å². The van der Waals surface area contributed by atoms with Crippen LogP contribution in [0.4, 0.5) is 0 Å². The monoisotopic (exact) mass is 353 g/mol. The zero-order chi connectivity index (χ0) is 18.7. The molecule has 3 aromatic rings. The first-order valence-corrected chi connectivity index (χ1v) is 7.81. The van der Waals surface area contributed by atoms with E-state index in [0.717, 1.165) is 0 Å². The molecule has 3 rings (SSSR count). The first kappa shape index (κ1) is 17.2. The molecule has 2 N–H and O–H groups in total. The maximum atomic E-state index is 12.4. The Bertz CT molecular complexity index is 1050. The summed E-state index contributed by atoms with van der Waals surface area (Å²) < 4.78 is 15.8. The third-order valence-electron chi connectivity index (χ3n) is 3.59. The normalized spacial score (nSPS) is 10.5. The molecule has 1 amide bonds. The van der Waals surface area contributed by atoms with Gasteiger partial charge in [-0.3, -0.25) is 4.79 Å². The highest BCUT2D eigenvalue weighted by atomic mass is 16.5. The minimum Gasteiger partial charge on any atom is -0.493 e. The molecule has 0 spiro atoms. The number of amides is 1. The molecular formula is C19H15NO6. The van der Waals surface area contributed by atoms with Crippen molar-refractivity contribution in [3.8, 4) is 11.5 Å². The van der Waals surface area contributed by atoms with E-state index in [1.54, 1.807) is 30.3 Å². The summed E-state index contributed by atoms with van der Waals surface area (Å²) in [6.07, 6.45) is 0. The standard InChI is InChI=1S/C19H15NO6/c1-2-24-15-6-4-3-5-13(15)18(22)25-12-8-7-11-9-14(17(20)21)19(23)26-16(11)10-12/h3-10H,2H2,1H3,(H2,20,21). The Morgan fingerprint density at radius 3 is 2.58 bits per heavy atom. The van der Waals surface area contributed by atoms with Crippen molar-refractivity contribution in [1.82, 2.24) is 0 Å². The number of carbonyl (C=O) groups is 2. The minimum absolute atomic E-state index is 0.170. The molecule has 7 nitrogen and oxygen atoms in total. The summed E-state index contributed by atoms with van der Waals surface area (Å²) in [7, 11) is 0. The van der Waals surface area contributed by atoms with Crippen LogP contribution in [0.2, 0.25) is 0 Å². The van der Waals surface area contributed by atoms with Crippen LogP contribution in [-0.4, -0.2) is 18.5 Å². The number of nitrogens with two attached hydrogens (primary N) is 1. The molecular weight excluding hydrogens is 338 g/mol. The maximum Gasteiger partial charge on any atom is 0.349 e. The number of esters is 1. The number of para-hydroxylation sites is 1. The van der Waals surface area contributed by atoms with E-state index in [1.165, 1.54) is 18.2 Å². The van der Waals surface area contributed by atoms with Gasteiger partial charge in [-0.15, -0.1) is 0 Å². The molecule has 0 saturated carbocycles. The van der Waals surface area contributed by atoms with Crippen LogP contribution < -0.4 is 20.8 Å². The predicted octanol–water partition coefficient (Wildman–Crippen LogP) is 2.51. The first-order valence-electron chi connectivity index (χ1n) is 7.81. The van der Waals surface area contributed by atoms with Crippen molar-refractivity contribution in [3.05, 3.63) is 70.1 Å². The SMILES string of the molecule is CCOc1ccccc1C(=O)Oc1ccc2cc(C(N)=O)c(=O)oc2c1. The van der Waals surface area contributed by atoms with Crippen LogP contribution in [0.1, 0.15) is 27.6 Å². The van der Waals surface area contributed by atoms with Crippen molar-refractivity contribution in [3.63, 3.8) is 0 Å². The van der Waals surface area contributed by atoms with Crippen LogP contribution in [0, 0.1) is 0 Å². The van der Waals surface area contributed by atoms with Gasteiger partial charge in [0.15, 0.2) is 0 Å². The van der Waals surface area contributed by atoms with Crippen LogP contribution in [0.15, 0.2) is 57.7 Å². The Labute approximate surface area is 147 Å². The summed E-state index contributed by atoms with van der Waals surface area (Å²) >= 11 is 0. The van der Waals surface area contributed by atoms with Crippen LogP contribution in [0.25, 0.3) is 11.0 Å². The average Bonchev–Trinajstić information content (AvgIpc) is 2.61. The van der Waals surface area contributed by atoms with Gasteiger partial charge in [0.25, 0.3) is 5.91 Å². The van der Waals surface area contributed by atoms with Crippen LogP contribution in [-0.2, 0) is 0 Å². The van der Waals surface area contributed by atoms with Crippen molar-refractivity contribution in [2.24, 2.45) is 5.73 Å². The number of ether oxygens (including phenoxy) is 2. The van der Waals surface area contributed by atoms with E-state index in [1.807, 2.05) is 6.92 Å². The topological polar surface area (TPSA) is 109 Å². The molecule has 0 aliphatic rings. The second kappa shape index (κ2) is 7.10. The largest absolute Gasteiger partial charge is 0.493 e. The maximum absolute atomic E-state index is 12.4. The predicted molar refractivity (Wildman–Crippen MR) is 93.6 cm³/mol. The molecule has 0 unspecified atom stereocenters. The van der Waals surface area contributed by atoms with Gasteiger partial charge in [-0.05, 0) is 37.3 Å². The summed E-state index contributed by atoms with van der Waals surface area (Å²) in [5.41, 5.74) is 4.48. The van der Waals surface area contributed by atoms with Gasteiger partial charge in [0.1, 0.15) is 28.2 Å². The third kappa shape index (κ3) is 3.41. The van der Waals surface area contributed by atoms with Gasteiger partial charge >= 0.3 is 11.6 Å². The Balaban J connectivity index is 1.92. The van der Waals surface area contributed by atoms with E-state index in [9.17, 15) is 14.4 Å². The third-order valence-corrected chi connectivity index (χ3v) is 3.59. The molecule has 2 aromatic carbocycles. The second-order valence-corrected chi connectivity index (χ2v) is 5.33. The summed E-state index contributed by atoms with van der Waals surface area (Å²) in [6.45, 7) is 2.22. The highest BCUT2D eigenvalue weighted by Gasteiger charge is 2.16. The number of hydrogen-bond donors (Lipinski definition) is 1. The number of primary amides is 1. The van der Waals surface area contributed by atoms with Crippen LogP contribution >= 0.6 is 0 Å². The number of carbonyl (C=O) groups excluding carboxylic acids is 2. The van der Waals surface area contributed by atoms with E-state index < -0.39 is 17.5 Å². The lowest BCUT2D eigenvalue weighted by Crippen LogP contribution is -2.20. The van der Waals surface area contributed by atoms with Crippen LogP contribution in [0.5, 0.6) is 11.5 Å². The van der Waals surface area contributed by atoms with Gasteiger partial charge in [0, 0.05) is 11.5 Å². The van der Waals surface area contributed by atoms with Gasteiger partial charge in [0.05, 0.1) is 6.61 Å². The second-order valence-electron chi connectivity index (χ2n) is 5.33. The number of rotatable bonds is 5. The Morgan fingerprint density at radius 2 is 1.85 bits per heavy atom. The Morgan fingerprint density at radius 1 is 1.08 bits per heavy atom. The lowest BCUT2D eigenvalue weighted by atomic mass is 10.1. The molecule has 0 saturated heterocycles. The van der Waals surface area contributed by atoms with E-state index in [0.29, 0.717) is 17.7 Å². The zero-order valence-corrected chi connectivity index (χ0v) is 13.9. The molecule has 7 heteroatoms. The van der Waals surface area contributed by atoms with E-state index in [-0.39, 0.29) is 22.5 Å². The van der Waals surface area contributed by atoms with E-state index >= 15 is 0 Å². The number of hydrogen-bond acceptors (Lipinski definition) is 6. The highest BCUT2D eigenvalue weighted by Crippen LogP contribution is 2.24. The average molecular weight is 353 g/mol. The quantitative estimate of drug-likeness (QED) is 0.429. The molecule has 26 heavy (non-hydrogen) atoms. The smallest absolute Gasteiger partial charge is 0.349 e. The van der Waals surface area contributed by atoms with Crippen molar-refractivity contribution < 1.29 is 23.5 Å². The van der Waals surface area contributed by atoms with Gasteiger partial charge in [0.2, 0.25) is 0 Å². The van der Waals surface area contributed by atoms with Crippen molar-refractivity contribution in [2.75, 3.05) is 6.61 Å². The Hall–Kier alpha value is -3.61. The fraction of sp³-hybridized carbons (Fsp3) is 0.105. The molecule has 132 valence electrons. The van der Waals surface area contributed by atoms with Crippen molar-refractivity contribution in [1.29, 1.82) is 0 Å². The van der Waals surface area contributed by atoms with E-state index in [2.05, 4.69) is 0 Å². The van der Waals surface area contributed by atoms with E-state index in [4.69, 9.17) is 19.6 Å². The highest BCUT2D eigenvalue weighted by molar-refractivity contribution is 5.96. The van der Waals surface area contributed by atoms with Crippen molar-refractivity contribution in [2.45, 2.75) is 6.92 Å². The Kier molecular flexibility index (Phi) is 4.70. The molecule has 0 radical (unpaired) electrons. The lowest BCUT2D eigenvalue weighted by Gasteiger charge is -2.10. The fourth-order valence-electron chi connectivity index (χ4n) is 2.41. The molecule has 0 fully saturated rings. The molecule has 1 heterocycles. The van der Waals surface area contributed by atoms with Gasteiger partial charge in [-0.2, -0.15) is 0 Å². The number of fused-ring (bicyclic) bond motifs is 1. The molecule has 0 aliphatic heterocycles.